The van der Waals surface area contributed by atoms with E-state index in [4.69, 9.17) is 4.74 Å². The maximum absolute atomic E-state index is 12.9. The molecular formula is C26H22N2O3. The largest absolute Gasteiger partial charge is 0.464 e. The van der Waals surface area contributed by atoms with Gasteiger partial charge < -0.3 is 4.74 Å². The van der Waals surface area contributed by atoms with Crippen LogP contribution in [0.15, 0.2) is 76.9 Å². The van der Waals surface area contributed by atoms with Crippen LogP contribution in [0.2, 0.25) is 0 Å². The molecule has 3 aromatic rings. The molecule has 0 fully saturated rings. The van der Waals surface area contributed by atoms with Gasteiger partial charge in [0.2, 0.25) is 0 Å². The number of fused-ring (bicyclic) bond motifs is 3. The van der Waals surface area contributed by atoms with Gasteiger partial charge in [0.25, 0.3) is 0 Å². The van der Waals surface area contributed by atoms with Gasteiger partial charge in [-0.1, -0.05) is 66.2 Å². The van der Waals surface area contributed by atoms with Gasteiger partial charge in [-0.25, -0.2) is 4.79 Å². The molecule has 0 spiro atoms. The van der Waals surface area contributed by atoms with Crippen molar-refractivity contribution >= 4 is 23.2 Å². The summed E-state index contributed by atoms with van der Waals surface area (Å²) in [6.45, 7) is 3.79. The first-order valence-electron chi connectivity index (χ1n) is 10.0. The molecule has 1 aliphatic rings. The Hall–Kier alpha value is -3.86. The summed E-state index contributed by atoms with van der Waals surface area (Å²) in [6.07, 6.45) is -0.183. The monoisotopic (exact) mass is 410 g/mol. The molecule has 0 saturated carbocycles. The van der Waals surface area contributed by atoms with E-state index in [0.717, 1.165) is 33.4 Å². The Morgan fingerprint density at radius 2 is 1.42 bits per heavy atom. The summed E-state index contributed by atoms with van der Waals surface area (Å²) in [4.78, 5) is 25.3. The van der Waals surface area contributed by atoms with E-state index in [2.05, 4.69) is 10.2 Å². The van der Waals surface area contributed by atoms with Gasteiger partial charge in [0.05, 0.1) is 13.5 Å². The van der Waals surface area contributed by atoms with Gasteiger partial charge in [-0.15, -0.1) is 10.2 Å². The molecule has 4 rings (SSSR count). The number of ketones is 1. The number of carbonyl (C=O) groups excluding carboxylic acids is 2. The lowest BCUT2D eigenvalue weighted by molar-refractivity contribution is -0.132. The molecular weight excluding hydrogens is 388 g/mol. The van der Waals surface area contributed by atoms with Gasteiger partial charge in [-0.3, -0.25) is 4.79 Å². The van der Waals surface area contributed by atoms with Crippen LogP contribution in [-0.4, -0.2) is 30.3 Å². The molecule has 1 aliphatic carbocycles. The predicted octanol–water partition coefficient (Wildman–Crippen LogP) is 4.92. The van der Waals surface area contributed by atoms with E-state index >= 15 is 0 Å². The smallest absolute Gasteiger partial charge is 0.354 e. The Morgan fingerprint density at radius 3 is 2.00 bits per heavy atom. The number of esters is 1. The van der Waals surface area contributed by atoms with Crippen LogP contribution in [0.4, 0.5) is 0 Å². The third-order valence-electron chi connectivity index (χ3n) is 5.37. The number of hydrogen-bond donors (Lipinski definition) is 0. The van der Waals surface area contributed by atoms with Crippen LogP contribution in [0, 0.1) is 13.8 Å². The fourth-order valence-electron chi connectivity index (χ4n) is 3.76. The van der Waals surface area contributed by atoms with Crippen LogP contribution in [0.25, 0.3) is 11.1 Å². The van der Waals surface area contributed by atoms with Crippen LogP contribution >= 0.6 is 0 Å². The Balaban J connectivity index is 1.73. The summed E-state index contributed by atoms with van der Waals surface area (Å²) in [7, 11) is 1.27. The third-order valence-corrected chi connectivity index (χ3v) is 5.37. The van der Waals surface area contributed by atoms with Crippen molar-refractivity contribution in [1.82, 2.24) is 0 Å². The second-order valence-electron chi connectivity index (χ2n) is 7.50. The van der Waals surface area contributed by atoms with Crippen LogP contribution in [0.1, 0.15) is 39.0 Å². The quantitative estimate of drug-likeness (QED) is 0.203. The highest BCUT2D eigenvalue weighted by Gasteiger charge is 2.25. The third kappa shape index (κ3) is 3.94. The average Bonchev–Trinajstić information content (AvgIpc) is 3.11. The molecule has 0 saturated heterocycles. The SMILES string of the molecule is COC(=O)C(CC(=O)c1cc(C)ccc1C)=NN=C1c2ccccc2-c2ccccc21. The molecule has 0 N–H and O–H groups in total. The fraction of sp³-hybridized carbons (Fsp3) is 0.154. The minimum atomic E-state index is -0.664. The molecule has 3 aromatic carbocycles. The molecule has 0 radical (unpaired) electrons. The van der Waals surface area contributed by atoms with Gasteiger partial charge in [0.15, 0.2) is 11.5 Å². The number of Topliss-reactive ketones (excluding diaryl/α,β-unsaturated/α-hetero) is 1. The first-order valence-corrected chi connectivity index (χ1v) is 10.0. The van der Waals surface area contributed by atoms with E-state index in [0.29, 0.717) is 11.3 Å². The Kier molecular flexibility index (Phi) is 5.58. The van der Waals surface area contributed by atoms with Gasteiger partial charge in [0.1, 0.15) is 5.71 Å². The normalized spacial score (nSPS) is 12.2. The molecule has 0 amide bonds. The van der Waals surface area contributed by atoms with Crippen molar-refractivity contribution in [1.29, 1.82) is 0 Å². The lowest BCUT2D eigenvalue weighted by Crippen LogP contribution is -2.20. The average molecular weight is 410 g/mol. The molecule has 0 unspecified atom stereocenters. The number of methoxy groups -OCH3 is 1. The second kappa shape index (κ2) is 8.48. The molecule has 0 aromatic heterocycles. The maximum atomic E-state index is 12.9. The molecule has 0 atom stereocenters. The summed E-state index contributed by atoms with van der Waals surface area (Å²) in [5.41, 5.74) is 7.07. The summed E-state index contributed by atoms with van der Waals surface area (Å²) >= 11 is 0. The molecule has 5 nitrogen and oxygen atoms in total. The summed E-state index contributed by atoms with van der Waals surface area (Å²) in [5.74, 6) is -0.861. The van der Waals surface area contributed by atoms with E-state index in [1.165, 1.54) is 7.11 Å². The van der Waals surface area contributed by atoms with E-state index in [9.17, 15) is 9.59 Å². The first kappa shape index (κ1) is 20.4. The first-order chi connectivity index (χ1) is 15.0. The number of aryl methyl sites for hydroxylation is 2. The number of carbonyl (C=O) groups is 2. The molecule has 0 bridgehead atoms. The van der Waals surface area contributed by atoms with Crippen molar-refractivity contribution in [2.75, 3.05) is 7.11 Å². The summed E-state index contributed by atoms with van der Waals surface area (Å²) in [6, 6.07) is 21.5. The topological polar surface area (TPSA) is 68.1 Å². The predicted molar refractivity (Wildman–Crippen MR) is 122 cm³/mol. The Labute approximate surface area is 181 Å². The van der Waals surface area contributed by atoms with Crippen LogP contribution in [0.5, 0.6) is 0 Å². The van der Waals surface area contributed by atoms with E-state index < -0.39 is 5.97 Å². The van der Waals surface area contributed by atoms with Crippen LogP contribution in [-0.2, 0) is 9.53 Å². The van der Waals surface area contributed by atoms with Crippen molar-refractivity contribution < 1.29 is 14.3 Å². The molecule has 154 valence electrons. The maximum Gasteiger partial charge on any atom is 0.354 e. The lowest BCUT2D eigenvalue weighted by atomic mass is 9.99. The number of nitrogens with zero attached hydrogens (tertiary/aromatic N) is 2. The van der Waals surface area contributed by atoms with Crippen LogP contribution < -0.4 is 0 Å². The summed E-state index contributed by atoms with van der Waals surface area (Å²) < 4.78 is 4.87. The van der Waals surface area contributed by atoms with Crippen LogP contribution in [0.3, 0.4) is 0 Å². The van der Waals surface area contributed by atoms with Crippen molar-refractivity contribution in [3.8, 4) is 11.1 Å². The highest BCUT2D eigenvalue weighted by Crippen LogP contribution is 2.36. The number of rotatable bonds is 5. The van der Waals surface area contributed by atoms with Crippen molar-refractivity contribution in [2.24, 2.45) is 10.2 Å². The van der Waals surface area contributed by atoms with Gasteiger partial charge in [-0.2, -0.15) is 0 Å². The fourth-order valence-corrected chi connectivity index (χ4v) is 3.76. The zero-order valence-corrected chi connectivity index (χ0v) is 17.7. The lowest BCUT2D eigenvalue weighted by Gasteiger charge is -2.07. The van der Waals surface area contributed by atoms with E-state index in [1.54, 1.807) is 0 Å². The van der Waals surface area contributed by atoms with Gasteiger partial charge in [-0.05, 0) is 36.6 Å². The number of ether oxygens (including phenoxy) is 1. The van der Waals surface area contributed by atoms with E-state index in [1.807, 2.05) is 80.6 Å². The van der Waals surface area contributed by atoms with Gasteiger partial charge >= 0.3 is 5.97 Å². The molecule has 5 heteroatoms. The minimum Gasteiger partial charge on any atom is -0.464 e. The number of benzene rings is 3. The standard InChI is InChI=1S/C26H22N2O3/c1-16-12-13-17(2)22(14-16)24(29)15-23(26(30)31-3)27-28-25-20-10-6-4-8-18(20)19-9-5-7-11-21(19)25/h4-14H,15H2,1-3H3. The molecule has 31 heavy (non-hydrogen) atoms. The molecule has 0 heterocycles. The number of hydrogen-bond acceptors (Lipinski definition) is 5. The van der Waals surface area contributed by atoms with Crippen molar-refractivity contribution in [2.45, 2.75) is 20.3 Å². The zero-order chi connectivity index (χ0) is 22.0. The van der Waals surface area contributed by atoms with Gasteiger partial charge in [0, 0.05) is 16.7 Å². The Bertz CT molecular complexity index is 1210. The zero-order valence-electron chi connectivity index (χ0n) is 17.7. The highest BCUT2D eigenvalue weighted by molar-refractivity contribution is 6.41. The highest BCUT2D eigenvalue weighted by atomic mass is 16.5. The minimum absolute atomic E-state index is 0.0252. The van der Waals surface area contributed by atoms with E-state index in [-0.39, 0.29) is 17.9 Å². The molecule has 0 aliphatic heterocycles. The second-order valence-corrected chi connectivity index (χ2v) is 7.50. The Morgan fingerprint density at radius 1 is 0.839 bits per heavy atom. The van der Waals surface area contributed by atoms with Crippen molar-refractivity contribution in [3.63, 3.8) is 0 Å². The summed E-state index contributed by atoms with van der Waals surface area (Å²) in [5, 5.41) is 8.61. The van der Waals surface area contributed by atoms with Crippen molar-refractivity contribution in [3.05, 3.63) is 94.5 Å².